The number of carbonyl (C=O) groups excluding carboxylic acids is 6. The van der Waals surface area contributed by atoms with Crippen molar-refractivity contribution in [1.29, 1.82) is 0 Å². The van der Waals surface area contributed by atoms with Gasteiger partial charge in [0.1, 0.15) is 23.0 Å². The molecule has 0 aromatic heterocycles. The molecule has 0 heterocycles. The van der Waals surface area contributed by atoms with Crippen molar-refractivity contribution >= 4 is 150 Å². The van der Waals surface area contributed by atoms with Gasteiger partial charge in [-0.25, -0.2) is 31.2 Å². The zero-order chi connectivity index (χ0) is 71.9. The van der Waals surface area contributed by atoms with E-state index in [0.717, 1.165) is 18.2 Å². The second kappa shape index (κ2) is 34.6. The lowest BCUT2D eigenvalue weighted by molar-refractivity contribution is -0.168. The minimum atomic E-state index is -6.24. The first-order valence-corrected chi connectivity index (χ1v) is 32.0. The number of hydrogen-bond acceptors (Lipinski definition) is 18. The number of esters is 6. The molecule has 24 radical (unpaired) electrons. The Balaban J connectivity index is 0.000000347. The van der Waals surface area contributed by atoms with Gasteiger partial charge < -0.3 is 37.5 Å². The highest BCUT2D eigenvalue weighted by atomic mass is 32.2. The largest absolute Gasteiger partial charge is 0.743 e. The van der Waals surface area contributed by atoms with Crippen molar-refractivity contribution in [2.45, 2.75) is 132 Å². The van der Waals surface area contributed by atoms with Gasteiger partial charge in [0.15, 0.2) is 32.4 Å². The van der Waals surface area contributed by atoms with Crippen molar-refractivity contribution in [2.75, 3.05) is 0 Å². The molecule has 6 rings (SSSR count). The Hall–Kier alpha value is -6.76. The second-order valence-corrected chi connectivity index (χ2v) is 24.7. The van der Waals surface area contributed by atoms with E-state index in [1.807, 2.05) is 0 Å². The Kier molecular flexibility index (Phi) is 28.8. The molecule has 96 heavy (non-hydrogen) atoms. The van der Waals surface area contributed by atoms with E-state index in [4.69, 9.17) is 118 Å². The third kappa shape index (κ3) is 19.3. The van der Waals surface area contributed by atoms with Crippen molar-refractivity contribution < 1.29 is 101 Å². The lowest BCUT2D eigenvalue weighted by Crippen LogP contribution is -2.44. The van der Waals surface area contributed by atoms with Crippen LogP contribution in [0.2, 0.25) is 0 Å². The third-order valence-electron chi connectivity index (χ3n) is 15.2. The number of carbonyl (C=O) groups is 6. The summed E-state index contributed by atoms with van der Waals surface area (Å²) in [5.74, 6) is -10.8. The van der Waals surface area contributed by atoms with Gasteiger partial charge in [-0.15, -0.1) is 0 Å². The molecule has 5 aromatic carbocycles. The van der Waals surface area contributed by atoms with Crippen molar-refractivity contribution in [3.8, 4) is 23.0 Å². The molecule has 1 aliphatic rings. The molecule has 0 bridgehead atoms. The molecule has 1 aliphatic carbocycles. The van der Waals surface area contributed by atoms with Crippen LogP contribution in [0.3, 0.4) is 0 Å². The lowest BCUT2D eigenvalue weighted by Gasteiger charge is -2.33. The van der Waals surface area contributed by atoms with Crippen LogP contribution in [0.5, 0.6) is 23.0 Å². The van der Waals surface area contributed by atoms with Crippen LogP contribution in [-0.4, -0.2) is 179 Å². The summed E-state index contributed by atoms with van der Waals surface area (Å²) in [7, 11) is 57.4. The molecular formula is C60H52B12F4O18S2-2. The SMILES string of the molecule is [B]Cc1cc(C[B])c(OC(=O)C2CC(C(=O)Oc3c(C[B])cc(C[B])cc3C[B])CC(C(=O)OC(C)C(F)(F)S(=O)(=O)[O-])C2)c(C[B])c1.[B]Cc1cc(C[B])c(OC(=O)c2cc(C(=O)Oc3c(C[B])cc(C[B])cc3C[B])cc(C(=O)OC(C)C(F)(F)S(=O)(=O)[O-])c2)c(C[B])c1. The summed E-state index contributed by atoms with van der Waals surface area (Å²) in [6.45, 7) is 1.01. The quantitative estimate of drug-likeness (QED) is 0.0229. The Bertz CT molecular complexity index is 3670. The van der Waals surface area contributed by atoms with Gasteiger partial charge in [-0.3, -0.25) is 14.4 Å². The highest BCUT2D eigenvalue weighted by molar-refractivity contribution is 7.87. The molecule has 478 valence electrons. The fourth-order valence-corrected chi connectivity index (χ4v) is 11.0. The predicted octanol–water partition coefficient (Wildman–Crippen LogP) is 3.13. The molecule has 0 amide bonds. The molecule has 0 saturated heterocycles. The maximum absolute atomic E-state index is 14.2. The molecule has 5 aromatic rings. The first-order valence-electron chi connectivity index (χ1n) is 29.2. The summed E-state index contributed by atoms with van der Waals surface area (Å²) in [6.07, 6.45) is -6.36. The molecule has 0 spiro atoms. The van der Waals surface area contributed by atoms with E-state index < -0.39 is 113 Å². The summed E-state index contributed by atoms with van der Waals surface area (Å²) in [4.78, 5) is 80.3. The smallest absolute Gasteiger partial charge is 0.370 e. The normalized spacial score (nSPS) is 15.6. The first kappa shape index (κ1) is 79.9. The Labute approximate surface area is 570 Å². The average molecular weight is 1330 g/mol. The predicted molar refractivity (Wildman–Crippen MR) is 351 cm³/mol. The molecule has 18 nitrogen and oxygen atoms in total. The second-order valence-electron chi connectivity index (χ2n) is 21.8. The summed E-state index contributed by atoms with van der Waals surface area (Å²) in [5.41, 5.74) is 4.05. The van der Waals surface area contributed by atoms with Gasteiger partial charge in [0.2, 0.25) is 0 Å². The molecule has 36 heteroatoms. The number of alkyl halides is 4. The van der Waals surface area contributed by atoms with Gasteiger partial charge in [0.05, 0.1) is 129 Å². The van der Waals surface area contributed by atoms with E-state index >= 15 is 0 Å². The van der Waals surface area contributed by atoms with E-state index in [1.54, 1.807) is 48.5 Å². The van der Waals surface area contributed by atoms with Crippen LogP contribution < -0.4 is 18.9 Å². The fourth-order valence-electron chi connectivity index (χ4n) is 10.1. The maximum atomic E-state index is 14.2. The standard InChI is InChI=1S/C30H30B6F2O9S.C30H24B6F2O9S/c2*1-15(30(37,38)48(42,43)44)45-27(39)18-6-19(28(40)46-25-21(11-33)2-16(9-31)3-22(25)12-34)8-20(7-18)29(41)47-26-23(13-35)4-17(10-32)5-24(26)14-36/h2-5,15,18-20H,6-14H2,1H3,(H,42,43,44);2-8,15H,9-14H2,1H3,(H,42,43,44)/p-2. The minimum Gasteiger partial charge on any atom is -0.743 e. The van der Waals surface area contributed by atoms with E-state index in [-0.39, 0.29) is 118 Å². The van der Waals surface area contributed by atoms with Gasteiger partial charge in [-0.2, -0.15) is 17.6 Å². The molecule has 0 aliphatic heterocycles. The van der Waals surface area contributed by atoms with Crippen molar-refractivity contribution in [3.05, 3.63) is 150 Å². The van der Waals surface area contributed by atoms with Crippen LogP contribution in [0.15, 0.2) is 66.7 Å². The molecular weight excluding hydrogens is 1280 g/mol. The topological polar surface area (TPSA) is 272 Å². The number of benzene rings is 5. The van der Waals surface area contributed by atoms with Crippen LogP contribution in [0.1, 0.15) is 131 Å². The van der Waals surface area contributed by atoms with Crippen molar-refractivity contribution in [2.24, 2.45) is 17.8 Å². The third-order valence-corrected chi connectivity index (χ3v) is 17.2. The summed E-state index contributed by atoms with van der Waals surface area (Å²) in [6, 6.07) is 15.5. The summed E-state index contributed by atoms with van der Waals surface area (Å²) >= 11 is 0. The zero-order valence-corrected chi connectivity index (χ0v) is 53.6. The Morgan fingerprint density at radius 1 is 0.375 bits per heavy atom. The minimum absolute atomic E-state index is 0.0200. The van der Waals surface area contributed by atoms with Gasteiger partial charge in [0, 0.05) is 0 Å². The summed E-state index contributed by atoms with van der Waals surface area (Å²) in [5, 5.41) is -9.96. The van der Waals surface area contributed by atoms with Crippen molar-refractivity contribution in [3.63, 3.8) is 0 Å². The Morgan fingerprint density at radius 3 is 0.823 bits per heavy atom. The van der Waals surface area contributed by atoms with Gasteiger partial charge in [0.25, 0.3) is 0 Å². The number of ether oxygens (including phenoxy) is 6. The Morgan fingerprint density at radius 2 is 0.594 bits per heavy atom. The molecule has 1 saturated carbocycles. The summed E-state index contributed by atoms with van der Waals surface area (Å²) < 4.78 is 155. The van der Waals surface area contributed by atoms with Gasteiger partial charge in [-0.05, 0) is 95.8 Å². The fraction of sp³-hybridized carbons (Fsp3) is 0.400. The van der Waals surface area contributed by atoms with E-state index in [2.05, 4.69) is 4.74 Å². The van der Waals surface area contributed by atoms with E-state index in [9.17, 15) is 72.3 Å². The first-order chi connectivity index (χ1) is 45.1. The van der Waals surface area contributed by atoms with Gasteiger partial charge in [-0.1, -0.05) is 147 Å². The molecule has 0 N–H and O–H groups in total. The van der Waals surface area contributed by atoms with Crippen LogP contribution >= 0.6 is 0 Å². The monoisotopic (exact) mass is 1330 g/mol. The van der Waals surface area contributed by atoms with Gasteiger partial charge >= 0.3 is 46.3 Å². The highest BCUT2D eigenvalue weighted by Crippen LogP contribution is 2.40. The highest BCUT2D eigenvalue weighted by Gasteiger charge is 2.49. The number of rotatable bonds is 28. The maximum Gasteiger partial charge on any atom is 0.370 e. The van der Waals surface area contributed by atoms with E-state index in [0.29, 0.717) is 80.6 Å². The zero-order valence-electron chi connectivity index (χ0n) is 51.9. The average Bonchev–Trinajstić information content (AvgIpc) is 0.810. The van der Waals surface area contributed by atoms with E-state index in [1.165, 1.54) is 0 Å². The van der Waals surface area contributed by atoms with Crippen LogP contribution in [0, 0.1) is 17.8 Å². The van der Waals surface area contributed by atoms with Crippen LogP contribution in [0.4, 0.5) is 17.6 Å². The van der Waals surface area contributed by atoms with Crippen molar-refractivity contribution in [1.82, 2.24) is 0 Å². The molecule has 4 atom stereocenters. The van der Waals surface area contributed by atoms with Crippen LogP contribution in [0.25, 0.3) is 0 Å². The van der Waals surface area contributed by atoms with Crippen LogP contribution in [-0.2, 0) is 120 Å². The lowest BCUT2D eigenvalue weighted by atomic mass is 9.75. The molecule has 4 unspecified atom stereocenters. The number of halogens is 4. The number of hydrogen-bond donors (Lipinski definition) is 0. The molecule has 1 fully saturated rings.